The van der Waals surface area contributed by atoms with Crippen LogP contribution in [0.3, 0.4) is 0 Å². The number of methoxy groups -OCH3 is 2. The van der Waals surface area contributed by atoms with Crippen molar-refractivity contribution in [2.24, 2.45) is 5.41 Å². The largest absolute Gasteiger partial charge is 0.493 e. The molecule has 0 aliphatic heterocycles. The highest BCUT2D eigenvalue weighted by Gasteiger charge is 2.32. The molecular weight excluding hydrogens is 358 g/mol. The Morgan fingerprint density at radius 1 is 1.18 bits per heavy atom. The highest BCUT2D eigenvalue weighted by atomic mass is 16.5. The van der Waals surface area contributed by atoms with Crippen LogP contribution in [0.4, 0.5) is 5.95 Å². The fourth-order valence-corrected chi connectivity index (χ4v) is 3.17. The van der Waals surface area contributed by atoms with Gasteiger partial charge in [-0.3, -0.25) is 14.9 Å². The van der Waals surface area contributed by atoms with Crippen molar-refractivity contribution in [2.45, 2.75) is 26.7 Å². The van der Waals surface area contributed by atoms with E-state index in [0.29, 0.717) is 35.6 Å². The summed E-state index contributed by atoms with van der Waals surface area (Å²) in [5.41, 5.74) is 1.85. The van der Waals surface area contributed by atoms with Crippen LogP contribution in [0.15, 0.2) is 30.5 Å². The third-order valence-electron chi connectivity index (χ3n) is 4.52. The summed E-state index contributed by atoms with van der Waals surface area (Å²) in [5.74, 6) is 1.05. The molecule has 7 heteroatoms. The number of benzene rings is 1. The average Bonchev–Trinajstić information content (AvgIpc) is 2.64. The van der Waals surface area contributed by atoms with Crippen LogP contribution in [0, 0.1) is 5.41 Å². The second kappa shape index (κ2) is 7.80. The first-order valence-electron chi connectivity index (χ1n) is 8.91. The van der Waals surface area contributed by atoms with Crippen LogP contribution in [0.1, 0.15) is 41.9 Å². The van der Waals surface area contributed by atoms with Gasteiger partial charge in [-0.15, -0.1) is 0 Å². The number of amides is 1. The Labute approximate surface area is 163 Å². The van der Waals surface area contributed by atoms with Gasteiger partial charge in [-0.05, 0) is 35.6 Å². The lowest BCUT2D eigenvalue weighted by Gasteiger charge is -2.29. The van der Waals surface area contributed by atoms with Gasteiger partial charge in [0.1, 0.15) is 0 Å². The first-order valence-corrected chi connectivity index (χ1v) is 8.91. The number of hydrogen-bond acceptors (Lipinski definition) is 6. The van der Waals surface area contributed by atoms with E-state index in [1.807, 2.05) is 19.9 Å². The molecule has 7 nitrogen and oxygen atoms in total. The molecule has 0 unspecified atom stereocenters. The zero-order chi connectivity index (χ0) is 20.3. The number of Topliss-reactive ketones (excluding diaryl/α,β-unsaturated/α-hetero) is 1. The van der Waals surface area contributed by atoms with Crippen LogP contribution in [-0.4, -0.2) is 35.9 Å². The number of anilines is 1. The Hall–Kier alpha value is -3.22. The Bertz CT molecular complexity index is 951. The van der Waals surface area contributed by atoms with Gasteiger partial charge in [0.25, 0.3) is 5.91 Å². The monoisotopic (exact) mass is 381 g/mol. The van der Waals surface area contributed by atoms with E-state index in [1.165, 1.54) is 12.3 Å². The predicted molar refractivity (Wildman–Crippen MR) is 106 cm³/mol. The lowest BCUT2D eigenvalue weighted by atomic mass is 9.76. The summed E-state index contributed by atoms with van der Waals surface area (Å²) in [6.07, 6.45) is 5.68. The minimum atomic E-state index is -0.365. The van der Waals surface area contributed by atoms with Gasteiger partial charge < -0.3 is 9.47 Å². The summed E-state index contributed by atoms with van der Waals surface area (Å²) in [6.45, 7) is 4.06. The van der Waals surface area contributed by atoms with Gasteiger partial charge in [0.15, 0.2) is 17.3 Å². The maximum Gasteiger partial charge on any atom is 0.250 e. The molecule has 1 aliphatic rings. The van der Waals surface area contributed by atoms with Crippen LogP contribution in [-0.2, 0) is 11.2 Å². The molecule has 1 amide bonds. The average molecular weight is 381 g/mol. The molecule has 0 atom stereocenters. The van der Waals surface area contributed by atoms with Gasteiger partial charge in [-0.1, -0.05) is 19.9 Å². The lowest BCUT2D eigenvalue weighted by Crippen LogP contribution is -2.28. The van der Waals surface area contributed by atoms with Gasteiger partial charge in [-0.2, -0.15) is 0 Å². The fraction of sp³-hybridized carbons (Fsp3) is 0.333. The Morgan fingerprint density at radius 2 is 1.93 bits per heavy atom. The number of nitrogens with zero attached hydrogens (tertiary/aromatic N) is 2. The Kier molecular flexibility index (Phi) is 5.44. The summed E-state index contributed by atoms with van der Waals surface area (Å²) in [4.78, 5) is 32.9. The van der Waals surface area contributed by atoms with Crippen molar-refractivity contribution in [3.05, 3.63) is 47.3 Å². The molecule has 0 spiro atoms. The number of hydrogen-bond donors (Lipinski definition) is 1. The smallest absolute Gasteiger partial charge is 0.250 e. The second-order valence-corrected chi connectivity index (χ2v) is 7.43. The topological polar surface area (TPSA) is 90.4 Å². The van der Waals surface area contributed by atoms with E-state index in [0.717, 1.165) is 5.56 Å². The van der Waals surface area contributed by atoms with E-state index in [1.54, 1.807) is 32.4 Å². The molecule has 2 aromatic rings. The first-order chi connectivity index (χ1) is 13.3. The molecule has 28 heavy (non-hydrogen) atoms. The van der Waals surface area contributed by atoms with E-state index in [-0.39, 0.29) is 23.1 Å². The number of nitrogens with one attached hydrogen (secondary N) is 1. The number of ether oxygens (including phenoxy) is 2. The van der Waals surface area contributed by atoms with Crippen LogP contribution in [0.2, 0.25) is 0 Å². The van der Waals surface area contributed by atoms with E-state index in [2.05, 4.69) is 15.3 Å². The number of carbonyl (C=O) groups is 2. The summed E-state index contributed by atoms with van der Waals surface area (Å²) < 4.78 is 10.4. The minimum absolute atomic E-state index is 0.0393. The predicted octanol–water partition coefficient (Wildman–Crippen LogP) is 3.30. The first kappa shape index (κ1) is 19.5. The van der Waals surface area contributed by atoms with Gasteiger partial charge in [0, 0.05) is 18.7 Å². The van der Waals surface area contributed by atoms with Crippen LogP contribution >= 0.6 is 0 Å². The molecule has 0 radical (unpaired) electrons. The minimum Gasteiger partial charge on any atom is -0.493 e. The molecule has 146 valence electrons. The highest BCUT2D eigenvalue weighted by Crippen LogP contribution is 2.33. The Balaban J connectivity index is 1.72. The molecule has 0 bridgehead atoms. The summed E-state index contributed by atoms with van der Waals surface area (Å²) in [7, 11) is 3.12. The van der Waals surface area contributed by atoms with E-state index in [4.69, 9.17) is 9.47 Å². The van der Waals surface area contributed by atoms with Crippen molar-refractivity contribution in [3.8, 4) is 11.5 Å². The quantitative estimate of drug-likeness (QED) is 0.799. The van der Waals surface area contributed by atoms with E-state index in [9.17, 15) is 9.59 Å². The molecular formula is C21H23N3O4. The van der Waals surface area contributed by atoms with Gasteiger partial charge in [0.2, 0.25) is 5.95 Å². The zero-order valence-corrected chi connectivity index (χ0v) is 16.4. The maximum absolute atomic E-state index is 12.2. The molecule has 3 rings (SSSR count). The second-order valence-electron chi connectivity index (χ2n) is 7.43. The molecule has 1 heterocycles. The zero-order valence-electron chi connectivity index (χ0n) is 16.4. The van der Waals surface area contributed by atoms with Crippen LogP contribution in [0.25, 0.3) is 6.08 Å². The van der Waals surface area contributed by atoms with Gasteiger partial charge in [0.05, 0.1) is 25.5 Å². The maximum atomic E-state index is 12.2. The van der Waals surface area contributed by atoms with Crippen molar-refractivity contribution < 1.29 is 19.1 Å². The third kappa shape index (κ3) is 4.36. The number of carbonyl (C=O) groups excluding carboxylic acids is 2. The molecule has 1 aromatic heterocycles. The van der Waals surface area contributed by atoms with Crippen LogP contribution < -0.4 is 14.8 Å². The fourth-order valence-electron chi connectivity index (χ4n) is 3.17. The molecule has 1 aromatic carbocycles. The van der Waals surface area contributed by atoms with Crippen molar-refractivity contribution in [1.29, 1.82) is 0 Å². The Morgan fingerprint density at radius 3 is 2.64 bits per heavy atom. The normalized spacial score (nSPS) is 15.2. The molecule has 1 aliphatic carbocycles. The SMILES string of the molecule is COc1ccc(/C=C/C(=O)Nc2ncc3c(n2)CC(C)(C)CC3=O)cc1OC. The highest BCUT2D eigenvalue weighted by molar-refractivity contribution is 6.01. The number of fused-ring (bicyclic) bond motifs is 1. The van der Waals surface area contributed by atoms with E-state index < -0.39 is 0 Å². The molecule has 0 saturated carbocycles. The molecule has 0 saturated heterocycles. The standard InChI is InChI=1S/C21H23N3O4/c1-21(2)10-15-14(16(25)11-21)12-22-20(23-15)24-19(26)8-6-13-5-7-17(27-3)18(9-13)28-4/h5-9,12H,10-11H2,1-4H3,(H,22,23,24,26)/b8-6+. The summed E-state index contributed by atoms with van der Waals surface area (Å²) in [6, 6.07) is 5.35. The number of ketones is 1. The summed E-state index contributed by atoms with van der Waals surface area (Å²) >= 11 is 0. The van der Waals surface area contributed by atoms with Crippen LogP contribution in [0.5, 0.6) is 11.5 Å². The van der Waals surface area contributed by atoms with E-state index >= 15 is 0 Å². The van der Waals surface area contributed by atoms with Gasteiger partial charge in [-0.25, -0.2) is 9.97 Å². The third-order valence-corrected chi connectivity index (χ3v) is 4.52. The van der Waals surface area contributed by atoms with Gasteiger partial charge >= 0.3 is 0 Å². The van der Waals surface area contributed by atoms with Crippen molar-refractivity contribution in [2.75, 3.05) is 19.5 Å². The van der Waals surface area contributed by atoms with Crippen molar-refractivity contribution >= 4 is 23.7 Å². The lowest BCUT2D eigenvalue weighted by molar-refractivity contribution is -0.111. The van der Waals surface area contributed by atoms with Crippen molar-refractivity contribution in [3.63, 3.8) is 0 Å². The number of aromatic nitrogens is 2. The van der Waals surface area contributed by atoms with Crippen molar-refractivity contribution in [1.82, 2.24) is 9.97 Å². The molecule has 1 N–H and O–H groups in total. The molecule has 0 fully saturated rings. The summed E-state index contributed by atoms with van der Waals surface area (Å²) in [5, 5.41) is 2.64. The number of rotatable bonds is 5.